The molecule has 1 unspecified atom stereocenters. The summed E-state index contributed by atoms with van der Waals surface area (Å²) in [6.45, 7) is 2.10. The lowest BCUT2D eigenvalue weighted by Gasteiger charge is -2.36. The summed E-state index contributed by atoms with van der Waals surface area (Å²) in [7, 11) is 0. The van der Waals surface area contributed by atoms with Crippen LogP contribution in [0.4, 0.5) is 0 Å². The van der Waals surface area contributed by atoms with Crippen LogP contribution in [-0.4, -0.2) is 5.11 Å². The lowest BCUT2D eigenvalue weighted by molar-refractivity contribution is -0.0255. The van der Waals surface area contributed by atoms with Gasteiger partial charge >= 0.3 is 0 Å². The van der Waals surface area contributed by atoms with Crippen molar-refractivity contribution in [1.82, 2.24) is 0 Å². The monoisotopic (exact) mass is 216 g/mol. The van der Waals surface area contributed by atoms with Crippen LogP contribution in [0.1, 0.15) is 43.2 Å². The van der Waals surface area contributed by atoms with Crippen molar-refractivity contribution in [3.05, 3.63) is 35.4 Å². The molecule has 0 aromatic heterocycles. The molecule has 2 aliphatic carbocycles. The second kappa shape index (κ2) is 3.59. The predicted octanol–water partition coefficient (Wildman–Crippen LogP) is 3.39. The van der Waals surface area contributed by atoms with Crippen LogP contribution < -0.4 is 0 Å². The maximum atomic E-state index is 10.8. The third-order valence-corrected chi connectivity index (χ3v) is 4.49. The Labute approximate surface area is 97.5 Å². The van der Waals surface area contributed by atoms with E-state index in [0.717, 1.165) is 30.2 Å². The summed E-state index contributed by atoms with van der Waals surface area (Å²) in [4.78, 5) is 0. The molecule has 0 radical (unpaired) electrons. The molecule has 0 heterocycles. The molecule has 2 bridgehead atoms. The van der Waals surface area contributed by atoms with Crippen LogP contribution in [0.5, 0.6) is 0 Å². The molecule has 1 heteroatoms. The normalized spacial score (nSPS) is 37.6. The van der Waals surface area contributed by atoms with E-state index in [1.807, 2.05) is 0 Å². The molecule has 1 aromatic carbocycles. The van der Waals surface area contributed by atoms with E-state index in [-0.39, 0.29) is 0 Å². The first-order chi connectivity index (χ1) is 7.66. The second-order valence-corrected chi connectivity index (χ2v) is 5.85. The average Bonchev–Trinajstić information content (AvgIpc) is 2.59. The first-order valence-electron chi connectivity index (χ1n) is 6.45. The van der Waals surface area contributed by atoms with Gasteiger partial charge in [-0.1, -0.05) is 42.7 Å². The van der Waals surface area contributed by atoms with Crippen LogP contribution >= 0.6 is 0 Å². The molecular formula is C15H20O. The fourth-order valence-electron chi connectivity index (χ4n) is 3.69. The van der Waals surface area contributed by atoms with Crippen LogP contribution in [-0.2, 0) is 5.60 Å². The lowest BCUT2D eigenvalue weighted by atomic mass is 9.74. The van der Waals surface area contributed by atoms with E-state index in [2.05, 4.69) is 31.2 Å². The highest BCUT2D eigenvalue weighted by Gasteiger charge is 2.43. The van der Waals surface area contributed by atoms with Crippen molar-refractivity contribution >= 4 is 0 Å². The van der Waals surface area contributed by atoms with Crippen molar-refractivity contribution in [2.75, 3.05) is 0 Å². The molecule has 1 aromatic rings. The third-order valence-electron chi connectivity index (χ3n) is 4.49. The zero-order valence-electron chi connectivity index (χ0n) is 9.95. The van der Waals surface area contributed by atoms with Crippen LogP contribution in [0.15, 0.2) is 24.3 Å². The molecule has 1 nitrogen and oxygen atoms in total. The molecule has 3 rings (SSSR count). The van der Waals surface area contributed by atoms with Gasteiger partial charge in [0.15, 0.2) is 0 Å². The van der Waals surface area contributed by atoms with Crippen molar-refractivity contribution in [1.29, 1.82) is 0 Å². The third kappa shape index (κ3) is 1.67. The van der Waals surface area contributed by atoms with Gasteiger partial charge in [0.1, 0.15) is 0 Å². The Kier molecular flexibility index (Phi) is 2.32. The van der Waals surface area contributed by atoms with Crippen molar-refractivity contribution in [2.45, 2.75) is 44.6 Å². The fourth-order valence-corrected chi connectivity index (χ4v) is 3.69. The molecule has 2 fully saturated rings. The van der Waals surface area contributed by atoms with Gasteiger partial charge in [0.2, 0.25) is 0 Å². The first kappa shape index (κ1) is 10.3. The summed E-state index contributed by atoms with van der Waals surface area (Å²) < 4.78 is 0. The molecule has 16 heavy (non-hydrogen) atoms. The van der Waals surface area contributed by atoms with E-state index in [4.69, 9.17) is 0 Å². The number of benzene rings is 1. The number of hydrogen-bond donors (Lipinski definition) is 1. The summed E-state index contributed by atoms with van der Waals surface area (Å²) in [5.41, 5.74) is 1.87. The van der Waals surface area contributed by atoms with Gasteiger partial charge < -0.3 is 5.11 Å². The number of fused-ring (bicyclic) bond motifs is 2. The summed E-state index contributed by atoms with van der Waals surface area (Å²) in [5.74, 6) is 1.54. The molecule has 86 valence electrons. The minimum atomic E-state index is -0.530. The van der Waals surface area contributed by atoms with Gasteiger partial charge in [-0.2, -0.15) is 0 Å². The highest BCUT2D eigenvalue weighted by molar-refractivity contribution is 5.27. The van der Waals surface area contributed by atoms with Crippen molar-refractivity contribution < 1.29 is 5.11 Å². The van der Waals surface area contributed by atoms with Crippen LogP contribution in [0, 0.1) is 18.8 Å². The van der Waals surface area contributed by atoms with Gasteiger partial charge in [0.05, 0.1) is 5.60 Å². The predicted molar refractivity (Wildman–Crippen MR) is 65.1 cm³/mol. The summed E-state index contributed by atoms with van der Waals surface area (Å²) >= 11 is 0. The first-order valence-corrected chi connectivity index (χ1v) is 6.45. The zero-order chi connectivity index (χ0) is 11.2. The largest absolute Gasteiger partial charge is 0.385 e. The van der Waals surface area contributed by atoms with Gasteiger partial charge in [-0.15, -0.1) is 0 Å². The molecule has 0 amide bonds. The Morgan fingerprint density at radius 2 is 1.62 bits per heavy atom. The van der Waals surface area contributed by atoms with Crippen molar-refractivity contribution in [3.8, 4) is 0 Å². The molecule has 1 N–H and O–H groups in total. The number of hydrogen-bond acceptors (Lipinski definition) is 1. The van der Waals surface area contributed by atoms with Gasteiger partial charge in [0, 0.05) is 0 Å². The van der Waals surface area contributed by atoms with Gasteiger partial charge in [-0.05, 0) is 43.6 Å². The number of rotatable bonds is 1. The second-order valence-electron chi connectivity index (χ2n) is 5.85. The molecule has 2 saturated carbocycles. The minimum absolute atomic E-state index is 0.530. The minimum Gasteiger partial charge on any atom is -0.385 e. The Balaban J connectivity index is 1.90. The standard InChI is InChI=1S/C15H20O/c1-11-2-6-14(7-3-11)15(16)9-12-4-5-13(8-12)10-15/h2-3,6-7,12-13,16H,4-5,8-10H2,1H3/t12-,13+,15?. The molecule has 0 aliphatic heterocycles. The van der Waals surface area contributed by atoms with E-state index in [1.165, 1.54) is 24.8 Å². The topological polar surface area (TPSA) is 20.2 Å². The Hall–Kier alpha value is -0.820. The van der Waals surface area contributed by atoms with E-state index >= 15 is 0 Å². The van der Waals surface area contributed by atoms with Gasteiger partial charge in [-0.3, -0.25) is 0 Å². The van der Waals surface area contributed by atoms with Gasteiger partial charge in [0.25, 0.3) is 0 Å². The van der Waals surface area contributed by atoms with Gasteiger partial charge in [-0.25, -0.2) is 0 Å². The van der Waals surface area contributed by atoms with Crippen molar-refractivity contribution in [3.63, 3.8) is 0 Å². The van der Waals surface area contributed by atoms with E-state index in [9.17, 15) is 5.11 Å². The lowest BCUT2D eigenvalue weighted by Crippen LogP contribution is -2.33. The Bertz CT molecular complexity index is 367. The average molecular weight is 216 g/mol. The van der Waals surface area contributed by atoms with Crippen LogP contribution in [0.2, 0.25) is 0 Å². The van der Waals surface area contributed by atoms with Crippen molar-refractivity contribution in [2.24, 2.45) is 11.8 Å². The van der Waals surface area contributed by atoms with Crippen LogP contribution in [0.3, 0.4) is 0 Å². The number of aryl methyl sites for hydroxylation is 1. The van der Waals surface area contributed by atoms with E-state index in [0.29, 0.717) is 0 Å². The smallest absolute Gasteiger partial charge is 0.0901 e. The highest BCUT2D eigenvalue weighted by Crippen LogP contribution is 2.50. The molecular weight excluding hydrogens is 196 g/mol. The molecule has 0 spiro atoms. The zero-order valence-corrected chi connectivity index (χ0v) is 9.95. The maximum Gasteiger partial charge on any atom is 0.0901 e. The van der Waals surface area contributed by atoms with Crippen LogP contribution in [0.25, 0.3) is 0 Å². The Morgan fingerprint density at radius 3 is 2.19 bits per heavy atom. The Morgan fingerprint density at radius 1 is 1.06 bits per heavy atom. The summed E-state index contributed by atoms with van der Waals surface area (Å²) in [5, 5.41) is 10.8. The summed E-state index contributed by atoms with van der Waals surface area (Å²) in [6, 6.07) is 8.45. The quantitative estimate of drug-likeness (QED) is 0.763. The fraction of sp³-hybridized carbons (Fsp3) is 0.600. The SMILES string of the molecule is Cc1ccc(C2(O)C[C@@H]3CC[C@@H](C3)C2)cc1. The molecule has 3 atom stereocenters. The maximum absolute atomic E-state index is 10.8. The van der Waals surface area contributed by atoms with E-state index < -0.39 is 5.60 Å². The summed E-state index contributed by atoms with van der Waals surface area (Å²) in [6.07, 6.45) is 5.98. The molecule has 2 aliphatic rings. The number of aliphatic hydroxyl groups is 1. The highest BCUT2D eigenvalue weighted by atomic mass is 16.3. The molecule has 0 saturated heterocycles. The van der Waals surface area contributed by atoms with E-state index in [1.54, 1.807) is 0 Å².